The number of rotatable bonds is 4. The van der Waals surface area contributed by atoms with Gasteiger partial charge in [-0.05, 0) is 36.8 Å². The molecule has 1 saturated carbocycles. The Hall–Kier alpha value is -2.11. The normalized spacial score (nSPS) is 19.5. The van der Waals surface area contributed by atoms with E-state index in [1.807, 2.05) is 7.05 Å². The first-order valence-electron chi connectivity index (χ1n) is 8.36. The van der Waals surface area contributed by atoms with E-state index in [1.54, 1.807) is 24.5 Å². The smallest absolute Gasteiger partial charge is 0.252 e. The summed E-state index contributed by atoms with van der Waals surface area (Å²) < 4.78 is 0. The minimum absolute atomic E-state index is 0.0931. The average Bonchev–Trinajstić information content (AvgIpc) is 3.01. The molecule has 0 bridgehead atoms. The maximum Gasteiger partial charge on any atom is 0.252 e. The van der Waals surface area contributed by atoms with Crippen molar-refractivity contribution in [2.75, 3.05) is 33.2 Å². The minimum atomic E-state index is -0.0931. The molecular formula is C17H25N5O. The number of likely N-dealkylation sites (tertiary alicyclic amines) is 1. The molecule has 3 rings (SSSR count). The van der Waals surface area contributed by atoms with Crippen LogP contribution in [-0.4, -0.2) is 55.0 Å². The zero-order valence-electron chi connectivity index (χ0n) is 13.7. The number of amides is 1. The first kappa shape index (κ1) is 15.8. The van der Waals surface area contributed by atoms with Gasteiger partial charge in [0.1, 0.15) is 0 Å². The summed E-state index contributed by atoms with van der Waals surface area (Å²) in [6.07, 6.45) is 8.62. The van der Waals surface area contributed by atoms with Gasteiger partial charge in [-0.1, -0.05) is 6.42 Å². The van der Waals surface area contributed by atoms with Crippen LogP contribution in [0.25, 0.3) is 0 Å². The van der Waals surface area contributed by atoms with Crippen molar-refractivity contribution in [2.24, 2.45) is 10.4 Å². The van der Waals surface area contributed by atoms with Gasteiger partial charge in [-0.15, -0.1) is 0 Å². The standard InChI is InChI=1S/C17H25N5O/c1-18-16(22-11-7-17(13-22)5-3-6-17)21-10-9-20-15(23)14-4-2-8-19-12-14/h2,4,8,12H,3,5-7,9-11,13H2,1H3,(H,18,21)(H,20,23). The molecule has 1 aromatic rings. The highest BCUT2D eigenvalue weighted by Gasteiger charge is 2.43. The number of nitrogens with zero attached hydrogens (tertiary/aromatic N) is 3. The van der Waals surface area contributed by atoms with Crippen molar-refractivity contribution in [1.82, 2.24) is 20.5 Å². The molecule has 0 aromatic carbocycles. The maximum atomic E-state index is 11.9. The van der Waals surface area contributed by atoms with E-state index >= 15 is 0 Å². The summed E-state index contributed by atoms with van der Waals surface area (Å²) in [7, 11) is 1.82. The highest BCUT2D eigenvalue weighted by molar-refractivity contribution is 5.93. The Balaban J connectivity index is 1.40. The van der Waals surface area contributed by atoms with E-state index in [0.717, 1.165) is 19.0 Å². The van der Waals surface area contributed by atoms with Gasteiger partial charge < -0.3 is 15.5 Å². The topological polar surface area (TPSA) is 69.6 Å². The fourth-order valence-electron chi connectivity index (χ4n) is 3.48. The fourth-order valence-corrected chi connectivity index (χ4v) is 3.48. The van der Waals surface area contributed by atoms with Gasteiger partial charge in [-0.25, -0.2) is 0 Å². The lowest BCUT2D eigenvalue weighted by Crippen LogP contribution is -2.44. The van der Waals surface area contributed by atoms with Crippen molar-refractivity contribution in [1.29, 1.82) is 0 Å². The lowest BCUT2D eigenvalue weighted by Gasteiger charge is -2.38. The molecule has 124 valence electrons. The molecule has 1 spiro atoms. The zero-order chi connectivity index (χ0) is 16.1. The first-order chi connectivity index (χ1) is 11.2. The molecule has 6 heteroatoms. The molecule has 6 nitrogen and oxygen atoms in total. The summed E-state index contributed by atoms with van der Waals surface area (Å²) in [5.74, 6) is 0.855. The molecule has 1 aliphatic heterocycles. The predicted molar refractivity (Wildman–Crippen MR) is 90.4 cm³/mol. The molecule has 1 aromatic heterocycles. The molecule has 1 aliphatic carbocycles. The molecule has 23 heavy (non-hydrogen) atoms. The first-order valence-corrected chi connectivity index (χ1v) is 8.36. The van der Waals surface area contributed by atoms with E-state index in [1.165, 1.54) is 25.7 Å². The third-order valence-corrected chi connectivity index (χ3v) is 4.98. The number of hydrogen-bond donors (Lipinski definition) is 2. The van der Waals surface area contributed by atoms with Gasteiger partial charge >= 0.3 is 0 Å². The zero-order valence-corrected chi connectivity index (χ0v) is 13.7. The molecule has 0 radical (unpaired) electrons. The second-order valence-corrected chi connectivity index (χ2v) is 6.50. The van der Waals surface area contributed by atoms with Crippen molar-refractivity contribution in [3.63, 3.8) is 0 Å². The molecule has 0 unspecified atom stereocenters. The van der Waals surface area contributed by atoms with E-state index < -0.39 is 0 Å². The number of carbonyl (C=O) groups is 1. The van der Waals surface area contributed by atoms with Gasteiger partial charge in [-0.3, -0.25) is 14.8 Å². The summed E-state index contributed by atoms with van der Waals surface area (Å²) in [6.45, 7) is 3.43. The molecule has 1 amide bonds. The van der Waals surface area contributed by atoms with Crippen LogP contribution in [0.1, 0.15) is 36.0 Å². The van der Waals surface area contributed by atoms with Gasteiger partial charge in [0.25, 0.3) is 5.91 Å². The Morgan fingerprint density at radius 3 is 2.78 bits per heavy atom. The molecule has 0 atom stereocenters. The lowest BCUT2D eigenvalue weighted by molar-refractivity contribution is 0.0954. The van der Waals surface area contributed by atoms with Crippen molar-refractivity contribution < 1.29 is 4.79 Å². The number of aliphatic imine (C=N–C) groups is 1. The Labute approximate surface area is 137 Å². The molecule has 2 aliphatic rings. The number of hydrogen-bond acceptors (Lipinski definition) is 3. The van der Waals surface area contributed by atoms with Crippen molar-refractivity contribution >= 4 is 11.9 Å². The van der Waals surface area contributed by atoms with E-state index in [9.17, 15) is 4.79 Å². The summed E-state index contributed by atoms with van der Waals surface area (Å²) in [6, 6.07) is 3.52. The number of nitrogens with one attached hydrogen (secondary N) is 2. The molecule has 2 heterocycles. The highest BCUT2D eigenvalue weighted by atomic mass is 16.1. The van der Waals surface area contributed by atoms with Crippen LogP contribution in [0.3, 0.4) is 0 Å². The number of pyridine rings is 1. The molecule has 2 fully saturated rings. The Kier molecular flexibility index (Phi) is 4.79. The van der Waals surface area contributed by atoms with Gasteiger partial charge in [0, 0.05) is 45.6 Å². The Morgan fingerprint density at radius 1 is 1.35 bits per heavy atom. The van der Waals surface area contributed by atoms with Gasteiger partial charge in [0.15, 0.2) is 5.96 Å². The van der Waals surface area contributed by atoms with Gasteiger partial charge in [-0.2, -0.15) is 0 Å². The lowest BCUT2D eigenvalue weighted by atomic mass is 9.68. The van der Waals surface area contributed by atoms with Crippen LogP contribution in [-0.2, 0) is 0 Å². The quantitative estimate of drug-likeness (QED) is 0.499. The van der Waals surface area contributed by atoms with E-state index in [4.69, 9.17) is 0 Å². The van der Waals surface area contributed by atoms with Crippen molar-refractivity contribution in [3.05, 3.63) is 30.1 Å². The summed E-state index contributed by atoms with van der Waals surface area (Å²) in [5, 5.41) is 6.24. The van der Waals surface area contributed by atoms with Crippen LogP contribution >= 0.6 is 0 Å². The molecule has 1 saturated heterocycles. The van der Waals surface area contributed by atoms with Crippen LogP contribution in [0.2, 0.25) is 0 Å². The van der Waals surface area contributed by atoms with Crippen LogP contribution in [0.4, 0.5) is 0 Å². The Morgan fingerprint density at radius 2 is 2.17 bits per heavy atom. The summed E-state index contributed by atoms with van der Waals surface area (Å²) in [4.78, 5) is 22.6. The highest BCUT2D eigenvalue weighted by Crippen LogP contribution is 2.47. The molecule has 2 N–H and O–H groups in total. The van der Waals surface area contributed by atoms with Gasteiger partial charge in [0.05, 0.1) is 5.56 Å². The monoisotopic (exact) mass is 315 g/mol. The fraction of sp³-hybridized carbons (Fsp3) is 0.588. The summed E-state index contributed by atoms with van der Waals surface area (Å²) in [5.41, 5.74) is 1.15. The SMILES string of the molecule is CN=C(NCCNC(=O)c1cccnc1)N1CCC2(CCC2)C1. The average molecular weight is 315 g/mol. The van der Waals surface area contributed by atoms with Crippen LogP contribution in [0.15, 0.2) is 29.5 Å². The number of guanidine groups is 1. The van der Waals surface area contributed by atoms with E-state index in [2.05, 4.69) is 25.5 Å². The largest absolute Gasteiger partial charge is 0.354 e. The second kappa shape index (κ2) is 6.98. The van der Waals surface area contributed by atoms with E-state index in [0.29, 0.717) is 24.1 Å². The van der Waals surface area contributed by atoms with Crippen molar-refractivity contribution in [3.8, 4) is 0 Å². The van der Waals surface area contributed by atoms with E-state index in [-0.39, 0.29) is 5.91 Å². The third kappa shape index (κ3) is 3.63. The predicted octanol–water partition coefficient (Wildman–Crippen LogP) is 1.26. The van der Waals surface area contributed by atoms with Crippen molar-refractivity contribution in [2.45, 2.75) is 25.7 Å². The Bertz CT molecular complexity index is 568. The van der Waals surface area contributed by atoms with Crippen LogP contribution < -0.4 is 10.6 Å². The number of aromatic nitrogens is 1. The molecular weight excluding hydrogens is 290 g/mol. The minimum Gasteiger partial charge on any atom is -0.354 e. The van der Waals surface area contributed by atoms with Gasteiger partial charge in [0.2, 0.25) is 0 Å². The van der Waals surface area contributed by atoms with Crippen LogP contribution in [0.5, 0.6) is 0 Å². The van der Waals surface area contributed by atoms with Crippen LogP contribution in [0, 0.1) is 5.41 Å². The number of carbonyl (C=O) groups excluding carboxylic acids is 1. The third-order valence-electron chi connectivity index (χ3n) is 4.98. The second-order valence-electron chi connectivity index (χ2n) is 6.50. The maximum absolute atomic E-state index is 11.9. The summed E-state index contributed by atoms with van der Waals surface area (Å²) >= 11 is 0.